The zero-order chi connectivity index (χ0) is 13.6. The molecule has 18 heavy (non-hydrogen) atoms. The first-order chi connectivity index (χ1) is 8.27. The number of esters is 1. The number of aliphatic hydroxyl groups is 1. The van der Waals surface area contributed by atoms with Crippen LogP contribution in [0.4, 0.5) is 0 Å². The van der Waals surface area contributed by atoms with E-state index in [9.17, 15) is 9.90 Å². The predicted octanol–water partition coefficient (Wildman–Crippen LogP) is 3.25. The summed E-state index contributed by atoms with van der Waals surface area (Å²) < 4.78 is 5.49. The van der Waals surface area contributed by atoms with Gasteiger partial charge in [0.1, 0.15) is 0 Å². The van der Waals surface area contributed by atoms with Crippen LogP contribution < -0.4 is 0 Å². The van der Waals surface area contributed by atoms with Gasteiger partial charge in [0.05, 0.1) is 0 Å². The van der Waals surface area contributed by atoms with Gasteiger partial charge in [-0.15, -0.1) is 0 Å². The summed E-state index contributed by atoms with van der Waals surface area (Å²) >= 11 is 0. The monoisotopic (exact) mass is 254 g/mol. The molecule has 0 aromatic rings. The molecule has 2 bridgehead atoms. The zero-order valence-corrected chi connectivity index (χ0v) is 12.1. The standard InChI is InChI=1S/C15H26O3/c1-5-6-7-12(16)18-15(17)10-11-8-9-14(15,4)13(11,2)3/h11,17H,5-10H2,1-4H3/t11-,14-,15-/m1/s1. The lowest BCUT2D eigenvalue weighted by atomic mass is 9.68. The highest BCUT2D eigenvalue weighted by molar-refractivity contribution is 5.70. The van der Waals surface area contributed by atoms with Crippen LogP contribution in [0, 0.1) is 16.7 Å². The maximum absolute atomic E-state index is 11.8. The summed E-state index contributed by atoms with van der Waals surface area (Å²) in [4.78, 5) is 11.8. The maximum Gasteiger partial charge on any atom is 0.308 e. The average molecular weight is 254 g/mol. The van der Waals surface area contributed by atoms with E-state index in [-0.39, 0.29) is 16.8 Å². The van der Waals surface area contributed by atoms with Crippen LogP contribution in [0.15, 0.2) is 0 Å². The highest BCUT2D eigenvalue weighted by atomic mass is 16.7. The molecule has 2 aliphatic carbocycles. The average Bonchev–Trinajstić information content (AvgIpc) is 2.58. The van der Waals surface area contributed by atoms with E-state index in [1.54, 1.807) is 0 Å². The summed E-state index contributed by atoms with van der Waals surface area (Å²) in [6.45, 7) is 8.52. The van der Waals surface area contributed by atoms with E-state index in [0.717, 1.165) is 25.7 Å². The molecule has 0 spiro atoms. The van der Waals surface area contributed by atoms with Gasteiger partial charge < -0.3 is 9.84 Å². The van der Waals surface area contributed by atoms with Gasteiger partial charge in [0, 0.05) is 18.3 Å². The number of ether oxygens (including phenoxy) is 1. The number of carbonyl (C=O) groups excluding carboxylic acids is 1. The summed E-state index contributed by atoms with van der Waals surface area (Å²) in [5.41, 5.74) is -0.251. The van der Waals surface area contributed by atoms with Crippen molar-refractivity contribution in [2.45, 2.75) is 72.0 Å². The molecule has 2 fully saturated rings. The van der Waals surface area contributed by atoms with Crippen LogP contribution in [-0.4, -0.2) is 16.9 Å². The molecule has 0 unspecified atom stereocenters. The van der Waals surface area contributed by atoms with E-state index in [2.05, 4.69) is 20.8 Å². The smallest absolute Gasteiger partial charge is 0.308 e. The fraction of sp³-hybridized carbons (Fsp3) is 0.933. The highest BCUT2D eigenvalue weighted by Gasteiger charge is 2.70. The van der Waals surface area contributed by atoms with Gasteiger partial charge in [0.2, 0.25) is 5.79 Å². The van der Waals surface area contributed by atoms with E-state index < -0.39 is 5.79 Å². The molecule has 0 heterocycles. The fourth-order valence-corrected chi connectivity index (χ4v) is 3.93. The molecule has 2 rings (SSSR count). The Labute approximate surface area is 110 Å². The minimum absolute atomic E-state index is 0.0484. The van der Waals surface area contributed by atoms with Gasteiger partial charge in [-0.05, 0) is 30.6 Å². The van der Waals surface area contributed by atoms with Crippen molar-refractivity contribution in [3.05, 3.63) is 0 Å². The second kappa shape index (κ2) is 4.22. The van der Waals surface area contributed by atoms with Crippen molar-refractivity contribution >= 4 is 5.97 Å². The van der Waals surface area contributed by atoms with Gasteiger partial charge in [-0.3, -0.25) is 4.79 Å². The van der Waals surface area contributed by atoms with Crippen LogP contribution in [0.1, 0.15) is 66.2 Å². The molecule has 3 nitrogen and oxygen atoms in total. The number of fused-ring (bicyclic) bond motifs is 2. The van der Waals surface area contributed by atoms with Crippen LogP contribution >= 0.6 is 0 Å². The third-order valence-electron chi connectivity index (χ3n) is 5.84. The first-order valence-electron chi connectivity index (χ1n) is 7.21. The van der Waals surface area contributed by atoms with Crippen LogP contribution in [0.3, 0.4) is 0 Å². The van der Waals surface area contributed by atoms with Gasteiger partial charge in [-0.1, -0.05) is 34.1 Å². The topological polar surface area (TPSA) is 46.5 Å². The van der Waals surface area contributed by atoms with E-state index in [1.807, 2.05) is 6.92 Å². The van der Waals surface area contributed by atoms with Gasteiger partial charge in [0.25, 0.3) is 0 Å². The van der Waals surface area contributed by atoms with Crippen molar-refractivity contribution in [2.75, 3.05) is 0 Å². The van der Waals surface area contributed by atoms with Crippen molar-refractivity contribution in [1.82, 2.24) is 0 Å². The third-order valence-corrected chi connectivity index (χ3v) is 5.84. The molecule has 3 heteroatoms. The van der Waals surface area contributed by atoms with Crippen LogP contribution in [0.2, 0.25) is 0 Å². The largest absolute Gasteiger partial charge is 0.433 e. The van der Waals surface area contributed by atoms with Crippen LogP contribution in [-0.2, 0) is 9.53 Å². The quantitative estimate of drug-likeness (QED) is 0.618. The summed E-state index contributed by atoms with van der Waals surface area (Å²) in [6.07, 6.45) is 4.91. The molecule has 0 amide bonds. The second-order valence-electron chi connectivity index (χ2n) is 6.86. The summed E-state index contributed by atoms with van der Waals surface area (Å²) in [5, 5.41) is 10.8. The lowest BCUT2D eigenvalue weighted by molar-refractivity contribution is -0.261. The van der Waals surface area contributed by atoms with E-state index in [1.165, 1.54) is 0 Å². The Bertz CT molecular complexity index is 350. The molecule has 104 valence electrons. The zero-order valence-electron chi connectivity index (χ0n) is 12.1. The number of hydrogen-bond acceptors (Lipinski definition) is 3. The maximum atomic E-state index is 11.8. The van der Waals surface area contributed by atoms with Gasteiger partial charge >= 0.3 is 5.97 Å². The molecule has 2 saturated carbocycles. The molecule has 3 atom stereocenters. The number of carbonyl (C=O) groups is 1. The molecule has 0 saturated heterocycles. The lowest BCUT2D eigenvalue weighted by Gasteiger charge is -2.43. The number of unbranched alkanes of at least 4 members (excludes halogenated alkanes) is 1. The molecule has 1 N–H and O–H groups in total. The minimum Gasteiger partial charge on any atom is -0.433 e. The Morgan fingerprint density at radius 3 is 2.50 bits per heavy atom. The molecule has 0 aliphatic heterocycles. The third kappa shape index (κ3) is 1.70. The fourth-order valence-electron chi connectivity index (χ4n) is 3.93. The Balaban J connectivity index is 2.12. The van der Waals surface area contributed by atoms with Crippen molar-refractivity contribution in [3.8, 4) is 0 Å². The van der Waals surface area contributed by atoms with Crippen molar-refractivity contribution < 1.29 is 14.6 Å². The van der Waals surface area contributed by atoms with E-state index in [4.69, 9.17) is 4.74 Å². The SMILES string of the molecule is CCCCC(=O)O[C@]1(O)C[C@H]2CC[C@]1(C)C2(C)C. The Kier molecular flexibility index (Phi) is 3.25. The molecule has 2 aliphatic rings. The summed E-state index contributed by atoms with van der Waals surface area (Å²) in [6, 6.07) is 0. The Hall–Kier alpha value is -0.570. The van der Waals surface area contributed by atoms with Crippen LogP contribution in [0.25, 0.3) is 0 Å². The van der Waals surface area contributed by atoms with Crippen LogP contribution in [0.5, 0.6) is 0 Å². The van der Waals surface area contributed by atoms with E-state index >= 15 is 0 Å². The van der Waals surface area contributed by atoms with Crippen molar-refractivity contribution in [3.63, 3.8) is 0 Å². The van der Waals surface area contributed by atoms with Gasteiger partial charge in [-0.25, -0.2) is 0 Å². The van der Waals surface area contributed by atoms with Crippen molar-refractivity contribution in [1.29, 1.82) is 0 Å². The summed E-state index contributed by atoms with van der Waals surface area (Å²) in [7, 11) is 0. The molecule has 0 aromatic carbocycles. The Morgan fingerprint density at radius 2 is 2.06 bits per heavy atom. The lowest BCUT2D eigenvalue weighted by Crippen LogP contribution is -2.50. The summed E-state index contributed by atoms with van der Waals surface area (Å²) in [5.74, 6) is -1.03. The predicted molar refractivity (Wildman–Crippen MR) is 69.8 cm³/mol. The Morgan fingerprint density at radius 1 is 1.39 bits per heavy atom. The normalized spacial score (nSPS) is 41.1. The van der Waals surface area contributed by atoms with Crippen molar-refractivity contribution in [2.24, 2.45) is 16.7 Å². The second-order valence-corrected chi connectivity index (χ2v) is 6.86. The first kappa shape index (κ1) is 13.9. The van der Waals surface area contributed by atoms with Gasteiger partial charge in [-0.2, -0.15) is 0 Å². The number of hydrogen-bond donors (Lipinski definition) is 1. The first-order valence-corrected chi connectivity index (χ1v) is 7.21. The molecule has 0 aromatic heterocycles. The highest BCUT2D eigenvalue weighted by Crippen LogP contribution is 2.69. The molecular formula is C15H26O3. The molecule has 0 radical (unpaired) electrons. The van der Waals surface area contributed by atoms with E-state index in [0.29, 0.717) is 18.8 Å². The molecular weight excluding hydrogens is 228 g/mol. The van der Waals surface area contributed by atoms with Gasteiger partial charge in [0.15, 0.2) is 0 Å². The minimum atomic E-state index is -1.25. The number of rotatable bonds is 4.